The topological polar surface area (TPSA) is 89.3 Å². The van der Waals surface area contributed by atoms with E-state index in [4.69, 9.17) is 4.52 Å². The van der Waals surface area contributed by atoms with Gasteiger partial charge in [-0.05, 0) is 24.3 Å². The quantitative estimate of drug-likeness (QED) is 0.897. The van der Waals surface area contributed by atoms with E-state index in [2.05, 4.69) is 10.5 Å². The average Bonchev–Trinajstić information content (AvgIpc) is 2.90. The average molecular weight is 268 g/mol. The van der Waals surface area contributed by atoms with E-state index in [1.54, 1.807) is 30.3 Å². The lowest BCUT2D eigenvalue weighted by molar-refractivity contribution is 0.0969. The Balaban J connectivity index is 1.95. The zero-order valence-corrected chi connectivity index (χ0v) is 10.1. The number of aromatic nitrogens is 1. The summed E-state index contributed by atoms with van der Waals surface area (Å²) >= 11 is 0. The van der Waals surface area contributed by atoms with Gasteiger partial charge in [0.05, 0.1) is 0 Å². The molecule has 3 rings (SSSR count). The molecule has 0 fully saturated rings. The molecular formula is C14H8N2O4. The summed E-state index contributed by atoms with van der Waals surface area (Å²) in [7, 11) is 0. The number of nitrogens with zero attached hydrogens (tertiary/aromatic N) is 1. The van der Waals surface area contributed by atoms with Crippen molar-refractivity contribution >= 4 is 23.2 Å². The van der Waals surface area contributed by atoms with E-state index in [0.717, 1.165) is 12.2 Å². The first-order chi connectivity index (χ1) is 9.66. The second-order valence-corrected chi connectivity index (χ2v) is 4.12. The highest BCUT2D eigenvalue weighted by atomic mass is 16.5. The van der Waals surface area contributed by atoms with Crippen molar-refractivity contribution in [1.82, 2.24) is 5.16 Å². The minimum Gasteiger partial charge on any atom is -0.351 e. The Morgan fingerprint density at radius 2 is 1.75 bits per heavy atom. The van der Waals surface area contributed by atoms with Crippen LogP contribution in [0.3, 0.4) is 0 Å². The van der Waals surface area contributed by atoms with Gasteiger partial charge in [-0.2, -0.15) is 0 Å². The highest BCUT2D eigenvalue weighted by Crippen LogP contribution is 2.21. The molecule has 1 heterocycles. The fourth-order valence-electron chi connectivity index (χ4n) is 1.86. The first-order valence-electron chi connectivity index (χ1n) is 5.79. The monoisotopic (exact) mass is 268 g/mol. The van der Waals surface area contributed by atoms with Crippen LogP contribution in [0.15, 0.2) is 47.0 Å². The number of carbonyl (C=O) groups is 3. The van der Waals surface area contributed by atoms with Crippen LogP contribution in [-0.4, -0.2) is 22.6 Å². The molecule has 98 valence electrons. The zero-order valence-electron chi connectivity index (χ0n) is 10.1. The van der Waals surface area contributed by atoms with E-state index in [1.807, 2.05) is 0 Å². The molecule has 0 aliphatic heterocycles. The molecule has 1 amide bonds. The molecule has 6 heteroatoms. The number of fused-ring (bicyclic) bond motifs is 1. The van der Waals surface area contributed by atoms with E-state index in [0.29, 0.717) is 5.69 Å². The summed E-state index contributed by atoms with van der Waals surface area (Å²) in [5.74, 6) is -1.75. The van der Waals surface area contributed by atoms with Crippen molar-refractivity contribution < 1.29 is 18.9 Å². The number of rotatable bonds is 2. The Bertz CT molecular complexity index is 744. The lowest BCUT2D eigenvalue weighted by Crippen LogP contribution is -2.18. The minimum atomic E-state index is -0.599. The van der Waals surface area contributed by atoms with Crippen molar-refractivity contribution in [3.05, 3.63) is 59.5 Å². The third kappa shape index (κ3) is 1.93. The van der Waals surface area contributed by atoms with Crippen molar-refractivity contribution in [2.24, 2.45) is 0 Å². The molecule has 1 aliphatic carbocycles. The lowest BCUT2D eigenvalue weighted by Gasteiger charge is -2.04. The van der Waals surface area contributed by atoms with Gasteiger partial charge in [0, 0.05) is 5.69 Å². The smallest absolute Gasteiger partial charge is 0.278 e. The van der Waals surface area contributed by atoms with Gasteiger partial charge in [0.15, 0.2) is 11.5 Å². The Morgan fingerprint density at radius 3 is 2.50 bits per heavy atom. The number of hydrogen-bond acceptors (Lipinski definition) is 5. The van der Waals surface area contributed by atoms with Crippen LogP contribution in [0.2, 0.25) is 0 Å². The number of nitrogens with one attached hydrogen (secondary N) is 1. The van der Waals surface area contributed by atoms with E-state index < -0.39 is 17.5 Å². The molecule has 20 heavy (non-hydrogen) atoms. The molecule has 0 spiro atoms. The molecule has 0 bridgehead atoms. The molecule has 2 aromatic rings. The second kappa shape index (κ2) is 4.58. The molecule has 1 aromatic heterocycles. The van der Waals surface area contributed by atoms with Crippen LogP contribution in [0.25, 0.3) is 0 Å². The van der Waals surface area contributed by atoms with Crippen molar-refractivity contribution in [3.8, 4) is 0 Å². The van der Waals surface area contributed by atoms with Gasteiger partial charge in [0.1, 0.15) is 5.56 Å². The highest BCUT2D eigenvalue weighted by molar-refractivity contribution is 6.24. The van der Waals surface area contributed by atoms with Gasteiger partial charge in [0.2, 0.25) is 11.5 Å². The SMILES string of the molecule is O=C(Nc1ccccc1)c1noc2c1C(=O)C=CC2=O. The number of amides is 1. The normalized spacial score (nSPS) is 13.2. The van der Waals surface area contributed by atoms with Crippen LogP contribution < -0.4 is 5.32 Å². The largest absolute Gasteiger partial charge is 0.351 e. The van der Waals surface area contributed by atoms with Gasteiger partial charge in [0.25, 0.3) is 5.91 Å². The fourth-order valence-corrected chi connectivity index (χ4v) is 1.86. The summed E-state index contributed by atoms with van der Waals surface area (Å²) in [5.41, 5.74) is 0.275. The molecule has 1 N–H and O–H groups in total. The number of para-hydroxylation sites is 1. The molecule has 0 saturated heterocycles. The Hall–Kier alpha value is -3.02. The van der Waals surface area contributed by atoms with Gasteiger partial charge in [-0.25, -0.2) is 0 Å². The summed E-state index contributed by atoms with van der Waals surface area (Å²) < 4.78 is 4.80. The Labute approximate surface area is 113 Å². The summed E-state index contributed by atoms with van der Waals surface area (Å²) in [6.07, 6.45) is 2.19. The number of ketones is 2. The maximum absolute atomic E-state index is 12.1. The highest BCUT2D eigenvalue weighted by Gasteiger charge is 2.31. The van der Waals surface area contributed by atoms with E-state index in [9.17, 15) is 14.4 Å². The minimum absolute atomic E-state index is 0.0917. The summed E-state index contributed by atoms with van der Waals surface area (Å²) in [5, 5.41) is 6.11. The Morgan fingerprint density at radius 1 is 1.05 bits per heavy atom. The van der Waals surface area contributed by atoms with Crippen LogP contribution in [-0.2, 0) is 0 Å². The zero-order chi connectivity index (χ0) is 14.1. The molecule has 0 radical (unpaired) electrons. The third-order valence-corrected chi connectivity index (χ3v) is 2.80. The predicted molar refractivity (Wildman–Crippen MR) is 68.7 cm³/mol. The number of hydrogen-bond donors (Lipinski definition) is 1. The van der Waals surface area contributed by atoms with Crippen LogP contribution in [0.5, 0.6) is 0 Å². The van der Waals surface area contributed by atoms with Gasteiger partial charge >= 0.3 is 0 Å². The van der Waals surface area contributed by atoms with Gasteiger partial charge in [-0.3, -0.25) is 14.4 Å². The second-order valence-electron chi connectivity index (χ2n) is 4.12. The molecule has 0 saturated carbocycles. The van der Waals surface area contributed by atoms with Gasteiger partial charge < -0.3 is 9.84 Å². The van der Waals surface area contributed by atoms with Crippen molar-refractivity contribution in [2.75, 3.05) is 5.32 Å². The van der Waals surface area contributed by atoms with Crippen LogP contribution >= 0.6 is 0 Å². The van der Waals surface area contributed by atoms with Crippen LogP contribution in [0.4, 0.5) is 5.69 Å². The summed E-state index contributed by atoms with van der Waals surface area (Å²) in [6, 6.07) is 8.70. The van der Waals surface area contributed by atoms with Crippen LogP contribution in [0.1, 0.15) is 31.4 Å². The number of allylic oxidation sites excluding steroid dienone is 2. The first kappa shape index (κ1) is 12.0. The standard InChI is InChI=1S/C14H8N2O4/c17-9-6-7-10(18)13-11(9)12(16-20-13)14(19)15-8-4-2-1-3-5-8/h1-7H,(H,15,19). The molecule has 1 aliphatic rings. The van der Waals surface area contributed by atoms with Crippen molar-refractivity contribution in [2.45, 2.75) is 0 Å². The third-order valence-electron chi connectivity index (χ3n) is 2.80. The lowest BCUT2D eigenvalue weighted by atomic mass is 10.00. The fraction of sp³-hybridized carbons (Fsp3) is 0. The molecule has 6 nitrogen and oxygen atoms in total. The van der Waals surface area contributed by atoms with E-state index in [1.165, 1.54) is 0 Å². The van der Waals surface area contributed by atoms with E-state index >= 15 is 0 Å². The van der Waals surface area contributed by atoms with E-state index in [-0.39, 0.29) is 17.0 Å². The molecule has 0 atom stereocenters. The summed E-state index contributed by atoms with van der Waals surface area (Å²) in [4.78, 5) is 35.3. The van der Waals surface area contributed by atoms with Gasteiger partial charge in [-0.15, -0.1) is 0 Å². The van der Waals surface area contributed by atoms with Crippen LogP contribution in [0, 0.1) is 0 Å². The molecule has 1 aromatic carbocycles. The maximum atomic E-state index is 12.1. The maximum Gasteiger partial charge on any atom is 0.278 e. The number of anilines is 1. The first-order valence-corrected chi connectivity index (χ1v) is 5.79. The number of benzene rings is 1. The predicted octanol–water partition coefficient (Wildman–Crippen LogP) is 1.86. The summed E-state index contributed by atoms with van der Waals surface area (Å²) in [6.45, 7) is 0. The van der Waals surface area contributed by atoms with Crippen molar-refractivity contribution in [1.29, 1.82) is 0 Å². The number of carbonyl (C=O) groups excluding carboxylic acids is 3. The molecular weight excluding hydrogens is 260 g/mol. The Kier molecular flexibility index (Phi) is 2.76. The van der Waals surface area contributed by atoms with Crippen molar-refractivity contribution in [3.63, 3.8) is 0 Å². The molecule has 0 unspecified atom stereocenters. The van der Waals surface area contributed by atoms with Gasteiger partial charge in [-0.1, -0.05) is 23.4 Å².